The van der Waals surface area contributed by atoms with Crippen LogP contribution in [0.25, 0.3) is 0 Å². The first-order valence-electron chi connectivity index (χ1n) is 4.77. The number of para-hydroxylation sites is 1. The molecule has 0 saturated heterocycles. The second-order valence-electron chi connectivity index (χ2n) is 3.17. The molecule has 0 aliphatic rings. The van der Waals surface area contributed by atoms with E-state index in [1.165, 1.54) is 7.11 Å². The van der Waals surface area contributed by atoms with E-state index in [2.05, 4.69) is 0 Å². The number of ether oxygens (including phenoxy) is 1. The molecule has 4 nitrogen and oxygen atoms in total. The van der Waals surface area contributed by atoms with Gasteiger partial charge in [0.2, 0.25) is 0 Å². The first-order valence-corrected chi connectivity index (χ1v) is 4.77. The number of benzene rings is 1. The molecule has 1 rings (SSSR count). The molecule has 1 aromatic rings. The molecule has 0 aromatic heterocycles. The first kappa shape index (κ1) is 11.5. The van der Waals surface area contributed by atoms with Crippen molar-refractivity contribution < 1.29 is 14.6 Å². The third kappa shape index (κ3) is 2.70. The molecule has 0 heterocycles. The second kappa shape index (κ2) is 5.36. The van der Waals surface area contributed by atoms with Crippen LogP contribution in [-0.2, 0) is 0 Å². The van der Waals surface area contributed by atoms with Crippen molar-refractivity contribution in [1.29, 1.82) is 0 Å². The van der Waals surface area contributed by atoms with E-state index < -0.39 is 0 Å². The number of nitrogens with two attached hydrogens (primary N) is 1. The number of anilines is 1. The van der Waals surface area contributed by atoms with E-state index in [9.17, 15) is 4.79 Å². The van der Waals surface area contributed by atoms with Gasteiger partial charge in [0, 0.05) is 18.6 Å². The Morgan fingerprint density at radius 3 is 2.87 bits per heavy atom. The molecule has 0 saturated carbocycles. The minimum Gasteiger partial charge on any atom is -0.495 e. The zero-order valence-electron chi connectivity index (χ0n) is 8.69. The summed E-state index contributed by atoms with van der Waals surface area (Å²) in [5.41, 5.74) is 6.58. The van der Waals surface area contributed by atoms with Gasteiger partial charge in [0.1, 0.15) is 5.75 Å². The molecule has 0 spiro atoms. The van der Waals surface area contributed by atoms with Gasteiger partial charge in [0.05, 0.1) is 12.8 Å². The lowest BCUT2D eigenvalue weighted by Crippen LogP contribution is -2.05. The normalized spacial score (nSPS) is 10.0. The van der Waals surface area contributed by atoms with E-state index in [4.69, 9.17) is 15.6 Å². The predicted molar refractivity (Wildman–Crippen MR) is 58.1 cm³/mol. The van der Waals surface area contributed by atoms with Gasteiger partial charge in [-0.15, -0.1) is 0 Å². The van der Waals surface area contributed by atoms with Crippen molar-refractivity contribution in [1.82, 2.24) is 0 Å². The molecular formula is C11H15NO3. The number of Topliss-reactive ketones (excluding diaryl/α,β-unsaturated/α-hetero) is 1. The van der Waals surface area contributed by atoms with Gasteiger partial charge in [-0.05, 0) is 18.6 Å². The Labute approximate surface area is 88.7 Å². The van der Waals surface area contributed by atoms with Gasteiger partial charge >= 0.3 is 0 Å². The molecule has 0 radical (unpaired) electrons. The Balaban J connectivity index is 2.89. The molecule has 0 amide bonds. The lowest BCUT2D eigenvalue weighted by molar-refractivity contribution is 0.0972. The number of aliphatic hydroxyl groups is 1. The average Bonchev–Trinajstić information content (AvgIpc) is 2.26. The van der Waals surface area contributed by atoms with E-state index in [-0.39, 0.29) is 12.4 Å². The number of hydrogen-bond donors (Lipinski definition) is 2. The minimum absolute atomic E-state index is 0.00954. The third-order valence-electron chi connectivity index (χ3n) is 2.15. The highest BCUT2D eigenvalue weighted by molar-refractivity contribution is 6.01. The SMILES string of the molecule is COc1cccc(C(=O)CCCO)c1N. The van der Waals surface area contributed by atoms with Gasteiger partial charge in [-0.25, -0.2) is 0 Å². The summed E-state index contributed by atoms with van der Waals surface area (Å²) >= 11 is 0. The van der Waals surface area contributed by atoms with Gasteiger partial charge < -0.3 is 15.6 Å². The first-order chi connectivity index (χ1) is 7.20. The molecule has 4 heteroatoms. The van der Waals surface area contributed by atoms with Crippen LogP contribution in [0.3, 0.4) is 0 Å². The summed E-state index contributed by atoms with van der Waals surface area (Å²) in [6, 6.07) is 5.09. The summed E-state index contributed by atoms with van der Waals surface area (Å²) in [7, 11) is 1.51. The highest BCUT2D eigenvalue weighted by atomic mass is 16.5. The van der Waals surface area contributed by atoms with Gasteiger partial charge in [0.25, 0.3) is 0 Å². The topological polar surface area (TPSA) is 72.5 Å². The van der Waals surface area contributed by atoms with Crippen LogP contribution in [0.5, 0.6) is 5.75 Å². The number of aliphatic hydroxyl groups excluding tert-OH is 1. The fraction of sp³-hybridized carbons (Fsp3) is 0.364. The minimum atomic E-state index is -0.0690. The summed E-state index contributed by atoms with van der Waals surface area (Å²) in [4.78, 5) is 11.6. The molecule has 0 bridgehead atoms. The number of carbonyl (C=O) groups excluding carboxylic acids is 1. The molecule has 3 N–H and O–H groups in total. The summed E-state index contributed by atoms with van der Waals surface area (Å²) in [5.74, 6) is 0.435. The van der Waals surface area contributed by atoms with Crippen molar-refractivity contribution in [3.63, 3.8) is 0 Å². The van der Waals surface area contributed by atoms with Crippen LogP contribution in [0.1, 0.15) is 23.2 Å². The van der Waals surface area contributed by atoms with Gasteiger partial charge in [-0.1, -0.05) is 6.07 Å². The van der Waals surface area contributed by atoms with Crippen molar-refractivity contribution in [3.8, 4) is 5.75 Å². The van der Waals surface area contributed by atoms with Crippen LogP contribution in [0.2, 0.25) is 0 Å². The van der Waals surface area contributed by atoms with Crippen LogP contribution in [0, 0.1) is 0 Å². The van der Waals surface area contributed by atoms with Crippen LogP contribution < -0.4 is 10.5 Å². The van der Waals surface area contributed by atoms with Crippen LogP contribution in [-0.4, -0.2) is 24.6 Å². The zero-order valence-corrected chi connectivity index (χ0v) is 8.69. The van der Waals surface area contributed by atoms with E-state index in [0.29, 0.717) is 29.8 Å². The Morgan fingerprint density at radius 2 is 2.27 bits per heavy atom. The van der Waals surface area contributed by atoms with Gasteiger partial charge in [0.15, 0.2) is 5.78 Å². The molecule has 0 atom stereocenters. The molecule has 15 heavy (non-hydrogen) atoms. The maximum absolute atomic E-state index is 11.6. The molecule has 0 aliphatic carbocycles. The molecular weight excluding hydrogens is 194 g/mol. The quantitative estimate of drug-likeness (QED) is 0.565. The maximum atomic E-state index is 11.6. The summed E-state index contributed by atoms with van der Waals surface area (Å²) < 4.78 is 5.01. The maximum Gasteiger partial charge on any atom is 0.165 e. The van der Waals surface area contributed by atoms with E-state index in [0.717, 1.165) is 0 Å². The van der Waals surface area contributed by atoms with Gasteiger partial charge in [-0.2, -0.15) is 0 Å². The molecule has 82 valence electrons. The third-order valence-corrected chi connectivity index (χ3v) is 2.15. The van der Waals surface area contributed by atoms with E-state index >= 15 is 0 Å². The van der Waals surface area contributed by atoms with Gasteiger partial charge in [-0.3, -0.25) is 4.79 Å². The van der Waals surface area contributed by atoms with E-state index in [1.807, 2.05) is 0 Å². The van der Waals surface area contributed by atoms with Crippen LogP contribution >= 0.6 is 0 Å². The van der Waals surface area contributed by atoms with Crippen LogP contribution in [0.4, 0.5) is 5.69 Å². The average molecular weight is 209 g/mol. The molecule has 0 fully saturated rings. The number of rotatable bonds is 5. The Hall–Kier alpha value is -1.55. The highest BCUT2D eigenvalue weighted by Gasteiger charge is 2.12. The number of nitrogen functional groups attached to an aromatic ring is 1. The number of ketones is 1. The van der Waals surface area contributed by atoms with Crippen molar-refractivity contribution in [3.05, 3.63) is 23.8 Å². The Bertz CT molecular complexity index is 350. The second-order valence-corrected chi connectivity index (χ2v) is 3.17. The summed E-state index contributed by atoms with van der Waals surface area (Å²) in [5, 5.41) is 8.62. The zero-order chi connectivity index (χ0) is 11.3. The van der Waals surface area contributed by atoms with Crippen molar-refractivity contribution in [2.24, 2.45) is 0 Å². The van der Waals surface area contributed by atoms with Crippen molar-refractivity contribution in [2.75, 3.05) is 19.5 Å². The Kier molecular flexibility index (Phi) is 4.12. The molecule has 0 aliphatic heterocycles. The lowest BCUT2D eigenvalue weighted by Gasteiger charge is -2.08. The number of hydrogen-bond acceptors (Lipinski definition) is 4. The summed E-state index contributed by atoms with van der Waals surface area (Å²) in [6.07, 6.45) is 0.753. The standard InChI is InChI=1S/C11H15NO3/c1-15-10-6-2-4-8(11(10)12)9(14)5-3-7-13/h2,4,6,13H,3,5,7,12H2,1H3. The summed E-state index contributed by atoms with van der Waals surface area (Å²) in [6.45, 7) is 0.00954. The fourth-order valence-electron chi connectivity index (χ4n) is 1.34. The number of carbonyl (C=O) groups is 1. The monoisotopic (exact) mass is 209 g/mol. The lowest BCUT2D eigenvalue weighted by atomic mass is 10.0. The predicted octanol–water partition coefficient (Wildman–Crippen LogP) is 1.23. The number of methoxy groups -OCH3 is 1. The van der Waals surface area contributed by atoms with Crippen LogP contribution in [0.15, 0.2) is 18.2 Å². The smallest absolute Gasteiger partial charge is 0.165 e. The highest BCUT2D eigenvalue weighted by Crippen LogP contribution is 2.25. The largest absolute Gasteiger partial charge is 0.495 e. The van der Waals surface area contributed by atoms with Crippen molar-refractivity contribution >= 4 is 11.5 Å². The molecule has 1 aromatic carbocycles. The fourth-order valence-corrected chi connectivity index (χ4v) is 1.34. The van der Waals surface area contributed by atoms with Crippen molar-refractivity contribution in [2.45, 2.75) is 12.8 Å². The molecule has 0 unspecified atom stereocenters. The Morgan fingerprint density at radius 1 is 1.53 bits per heavy atom. The van der Waals surface area contributed by atoms with E-state index in [1.54, 1.807) is 18.2 Å².